The predicted octanol–water partition coefficient (Wildman–Crippen LogP) is 3.91. The van der Waals surface area contributed by atoms with Crippen molar-refractivity contribution in [2.75, 3.05) is 0 Å². The summed E-state index contributed by atoms with van der Waals surface area (Å²) in [6.07, 6.45) is -7.65. The summed E-state index contributed by atoms with van der Waals surface area (Å²) < 4.78 is 78.8. The highest BCUT2D eigenvalue weighted by Gasteiger charge is 2.40. The van der Waals surface area contributed by atoms with Crippen molar-refractivity contribution in [1.82, 2.24) is 19.7 Å². The summed E-state index contributed by atoms with van der Waals surface area (Å²) in [5, 5.41) is 3.24. The van der Waals surface area contributed by atoms with Crippen molar-refractivity contribution in [1.29, 1.82) is 0 Å². The molecule has 0 aliphatic rings. The zero-order valence-corrected chi connectivity index (χ0v) is 11.7. The van der Waals surface area contributed by atoms with Gasteiger partial charge in [-0.05, 0) is 18.2 Å². The number of alkyl halides is 6. The van der Waals surface area contributed by atoms with Crippen LogP contribution in [-0.4, -0.2) is 19.7 Å². The molecule has 0 aromatic carbocycles. The first-order valence-electron chi connectivity index (χ1n) is 6.57. The van der Waals surface area contributed by atoms with Crippen molar-refractivity contribution in [2.45, 2.75) is 18.9 Å². The van der Waals surface area contributed by atoms with E-state index >= 15 is 0 Å². The van der Waals surface area contributed by atoms with Gasteiger partial charge in [-0.3, -0.25) is 4.98 Å². The van der Waals surface area contributed by atoms with E-state index in [1.165, 1.54) is 6.20 Å². The highest BCUT2D eigenvalue weighted by atomic mass is 19.4. The van der Waals surface area contributed by atoms with Crippen LogP contribution in [0.4, 0.5) is 26.3 Å². The highest BCUT2D eigenvalue weighted by Crippen LogP contribution is 2.38. The zero-order valence-electron chi connectivity index (χ0n) is 11.7. The molecule has 0 N–H and O–H groups in total. The molecule has 0 radical (unpaired) electrons. The highest BCUT2D eigenvalue weighted by molar-refractivity contribution is 5.79. The minimum atomic E-state index is -5.01. The quantitative estimate of drug-likeness (QED) is 0.661. The SMILES string of the molecule is FC(F)(F)c1cc(C(F)(F)F)c2cnn(Cc3ccccn3)c2n1. The maximum absolute atomic E-state index is 13.1. The molecule has 3 aromatic rings. The third-order valence-electron chi connectivity index (χ3n) is 3.24. The Morgan fingerprint density at radius 1 is 1.00 bits per heavy atom. The number of hydrogen-bond acceptors (Lipinski definition) is 3. The van der Waals surface area contributed by atoms with Gasteiger partial charge in [0.15, 0.2) is 5.65 Å². The summed E-state index contributed by atoms with van der Waals surface area (Å²) in [6.45, 7) is -0.101. The molecule has 0 unspecified atom stereocenters. The number of halogens is 6. The second-order valence-electron chi connectivity index (χ2n) is 4.91. The standard InChI is InChI=1S/C14H8F6N4/c15-13(16,17)10-5-11(14(18,19)20)23-12-9(10)6-22-24(12)7-8-3-1-2-4-21-8/h1-6H,7H2. The largest absolute Gasteiger partial charge is 0.433 e. The van der Waals surface area contributed by atoms with Gasteiger partial charge in [0.05, 0.1) is 29.4 Å². The first-order valence-corrected chi connectivity index (χ1v) is 6.57. The molecule has 0 saturated carbocycles. The molecule has 3 aromatic heterocycles. The fourth-order valence-corrected chi connectivity index (χ4v) is 2.19. The van der Waals surface area contributed by atoms with E-state index in [9.17, 15) is 26.3 Å². The van der Waals surface area contributed by atoms with Crippen LogP contribution in [0, 0.1) is 0 Å². The molecule has 0 aliphatic carbocycles. The molecule has 4 nitrogen and oxygen atoms in total. The third kappa shape index (κ3) is 3.03. The Morgan fingerprint density at radius 3 is 2.33 bits per heavy atom. The van der Waals surface area contributed by atoms with Crippen molar-refractivity contribution in [2.24, 2.45) is 0 Å². The monoisotopic (exact) mass is 346 g/mol. The van der Waals surface area contributed by atoms with Crippen LogP contribution >= 0.6 is 0 Å². The van der Waals surface area contributed by atoms with Gasteiger partial charge in [-0.25, -0.2) is 9.67 Å². The Hall–Kier alpha value is -2.65. The van der Waals surface area contributed by atoms with E-state index in [0.29, 0.717) is 5.69 Å². The van der Waals surface area contributed by atoms with Gasteiger partial charge in [-0.2, -0.15) is 31.4 Å². The van der Waals surface area contributed by atoms with E-state index in [1.54, 1.807) is 18.2 Å². The summed E-state index contributed by atoms with van der Waals surface area (Å²) in [7, 11) is 0. The molecule has 24 heavy (non-hydrogen) atoms. The molecule has 0 fully saturated rings. The first-order chi connectivity index (χ1) is 11.2. The van der Waals surface area contributed by atoms with Gasteiger partial charge in [-0.15, -0.1) is 0 Å². The van der Waals surface area contributed by atoms with Crippen LogP contribution < -0.4 is 0 Å². The lowest BCUT2D eigenvalue weighted by Gasteiger charge is -2.12. The molecule has 0 spiro atoms. The van der Waals surface area contributed by atoms with Crippen LogP contribution in [0.5, 0.6) is 0 Å². The van der Waals surface area contributed by atoms with Crippen molar-refractivity contribution in [3.8, 4) is 0 Å². The van der Waals surface area contributed by atoms with Crippen molar-refractivity contribution >= 4 is 11.0 Å². The Morgan fingerprint density at radius 2 is 1.75 bits per heavy atom. The maximum Gasteiger partial charge on any atom is 0.433 e. The van der Waals surface area contributed by atoms with E-state index < -0.39 is 34.6 Å². The van der Waals surface area contributed by atoms with Crippen LogP contribution in [0.1, 0.15) is 17.0 Å². The number of aromatic nitrogens is 4. The normalized spacial score (nSPS) is 12.8. The summed E-state index contributed by atoms with van der Waals surface area (Å²) >= 11 is 0. The lowest BCUT2D eigenvalue weighted by molar-refractivity contribution is -0.144. The van der Waals surface area contributed by atoms with E-state index in [2.05, 4.69) is 15.1 Å². The van der Waals surface area contributed by atoms with E-state index in [-0.39, 0.29) is 12.6 Å². The lowest BCUT2D eigenvalue weighted by atomic mass is 10.1. The predicted molar refractivity (Wildman–Crippen MR) is 70.9 cm³/mol. The Labute approximate surface area is 130 Å². The molecule has 3 heterocycles. The number of nitrogens with zero attached hydrogens (tertiary/aromatic N) is 4. The lowest BCUT2D eigenvalue weighted by Crippen LogP contribution is -2.14. The van der Waals surface area contributed by atoms with E-state index in [4.69, 9.17) is 0 Å². The molecule has 0 aliphatic heterocycles. The fourth-order valence-electron chi connectivity index (χ4n) is 2.19. The smallest absolute Gasteiger partial charge is 0.259 e. The second kappa shape index (κ2) is 5.46. The molecule has 0 amide bonds. The minimum absolute atomic E-state index is 0.00484. The van der Waals surface area contributed by atoms with Crippen LogP contribution in [0.3, 0.4) is 0 Å². The minimum Gasteiger partial charge on any atom is -0.259 e. The second-order valence-corrected chi connectivity index (χ2v) is 4.91. The van der Waals surface area contributed by atoms with Crippen LogP contribution in [-0.2, 0) is 18.9 Å². The van der Waals surface area contributed by atoms with Crippen LogP contribution in [0.25, 0.3) is 11.0 Å². The van der Waals surface area contributed by atoms with Gasteiger partial charge < -0.3 is 0 Å². The van der Waals surface area contributed by atoms with Gasteiger partial charge in [0.25, 0.3) is 0 Å². The Kier molecular flexibility index (Phi) is 3.69. The van der Waals surface area contributed by atoms with Crippen molar-refractivity contribution in [3.63, 3.8) is 0 Å². The molecule has 10 heteroatoms. The zero-order chi connectivity index (χ0) is 17.5. The van der Waals surface area contributed by atoms with Gasteiger partial charge in [-0.1, -0.05) is 6.07 Å². The fraction of sp³-hybridized carbons (Fsp3) is 0.214. The van der Waals surface area contributed by atoms with Crippen LogP contribution in [0.15, 0.2) is 36.7 Å². The summed E-state index contributed by atoms with van der Waals surface area (Å²) in [5.74, 6) is 0. The molecule has 0 atom stereocenters. The van der Waals surface area contributed by atoms with Crippen molar-refractivity contribution in [3.05, 3.63) is 53.6 Å². The Bertz CT molecular complexity index is 867. The number of fused-ring (bicyclic) bond motifs is 1. The average molecular weight is 346 g/mol. The van der Waals surface area contributed by atoms with Gasteiger partial charge >= 0.3 is 12.4 Å². The maximum atomic E-state index is 13.1. The van der Waals surface area contributed by atoms with Gasteiger partial charge in [0.2, 0.25) is 0 Å². The van der Waals surface area contributed by atoms with E-state index in [0.717, 1.165) is 10.9 Å². The molecule has 0 bridgehead atoms. The topological polar surface area (TPSA) is 43.6 Å². The summed E-state index contributed by atoms with van der Waals surface area (Å²) in [5.41, 5.74) is -3.12. The van der Waals surface area contributed by atoms with Gasteiger partial charge in [0, 0.05) is 6.20 Å². The number of rotatable bonds is 2. The first kappa shape index (κ1) is 16.2. The summed E-state index contributed by atoms with van der Waals surface area (Å²) in [4.78, 5) is 7.29. The molecule has 3 rings (SSSR count). The van der Waals surface area contributed by atoms with Crippen molar-refractivity contribution < 1.29 is 26.3 Å². The molecule has 0 saturated heterocycles. The molecular formula is C14H8F6N4. The summed E-state index contributed by atoms with van der Waals surface area (Å²) in [6, 6.07) is 4.84. The van der Waals surface area contributed by atoms with Gasteiger partial charge in [0.1, 0.15) is 5.69 Å². The third-order valence-corrected chi connectivity index (χ3v) is 3.24. The molecule has 126 valence electrons. The molecular weight excluding hydrogens is 338 g/mol. The number of hydrogen-bond donors (Lipinski definition) is 0. The van der Waals surface area contributed by atoms with E-state index in [1.807, 2.05) is 0 Å². The number of pyridine rings is 2. The average Bonchev–Trinajstić information content (AvgIpc) is 2.88. The Balaban J connectivity index is 2.19. The van der Waals surface area contributed by atoms with Crippen LogP contribution in [0.2, 0.25) is 0 Å².